The van der Waals surface area contributed by atoms with Gasteiger partial charge in [-0.15, -0.1) is 0 Å². The van der Waals surface area contributed by atoms with Crippen LogP contribution >= 0.6 is 23.2 Å². The first-order valence-electron chi connectivity index (χ1n) is 12.7. The number of nitrogens with zero attached hydrogens (tertiary/aromatic N) is 2. The van der Waals surface area contributed by atoms with Gasteiger partial charge in [0.05, 0.1) is 11.5 Å². The monoisotopic (exact) mass is 484 g/mol. The van der Waals surface area contributed by atoms with Crippen molar-refractivity contribution in [1.82, 2.24) is 4.90 Å². The van der Waals surface area contributed by atoms with E-state index in [1.807, 2.05) is 18.2 Å². The van der Waals surface area contributed by atoms with Gasteiger partial charge in [0.25, 0.3) is 0 Å². The lowest BCUT2D eigenvalue weighted by Crippen LogP contribution is -2.40. The second-order valence-corrected chi connectivity index (χ2v) is 10.3. The third kappa shape index (κ3) is 6.33. The third-order valence-corrected chi connectivity index (χ3v) is 8.19. The highest BCUT2D eigenvalue weighted by atomic mass is 35.5. The lowest BCUT2D eigenvalue weighted by Gasteiger charge is -2.38. The number of benzene rings is 2. The molecule has 1 saturated carbocycles. The van der Waals surface area contributed by atoms with E-state index < -0.39 is 5.41 Å². The van der Waals surface area contributed by atoms with Crippen molar-refractivity contribution in [1.29, 1.82) is 5.26 Å². The van der Waals surface area contributed by atoms with Crippen LogP contribution in [0.4, 0.5) is 0 Å². The second-order valence-electron chi connectivity index (χ2n) is 9.53. The lowest BCUT2D eigenvalue weighted by molar-refractivity contribution is 0.167. The molecular weight excluding hydrogens is 447 g/mol. The summed E-state index contributed by atoms with van der Waals surface area (Å²) < 4.78 is 0. The molecule has 1 fully saturated rings. The van der Waals surface area contributed by atoms with E-state index in [0.717, 1.165) is 63.6 Å². The van der Waals surface area contributed by atoms with E-state index in [4.69, 9.17) is 23.2 Å². The highest BCUT2D eigenvalue weighted by Gasteiger charge is 2.44. The minimum absolute atomic E-state index is 0.321. The first-order valence-corrected chi connectivity index (χ1v) is 13.4. The van der Waals surface area contributed by atoms with E-state index in [0.29, 0.717) is 22.0 Å². The van der Waals surface area contributed by atoms with E-state index in [1.165, 1.54) is 18.4 Å². The standard InChI is InChI=1S/C29H38Cl2N2/c1-3-20-33(21-18-23-11-6-5-7-12-23)25(4-2)17-19-29(22-32,24-13-8-9-14-24)28-26(30)15-10-16-27(28)31/h5-7,10-12,15-16,24-25H,3-4,8-9,13-14,17-21H2,1-2H3. The van der Waals surface area contributed by atoms with Gasteiger partial charge >= 0.3 is 0 Å². The van der Waals surface area contributed by atoms with Crippen molar-refractivity contribution < 1.29 is 0 Å². The number of nitriles is 1. The molecule has 2 atom stereocenters. The van der Waals surface area contributed by atoms with E-state index in [9.17, 15) is 5.26 Å². The Morgan fingerprint density at radius 1 is 1.00 bits per heavy atom. The number of hydrogen-bond acceptors (Lipinski definition) is 2. The van der Waals surface area contributed by atoms with Crippen molar-refractivity contribution in [2.75, 3.05) is 13.1 Å². The molecule has 0 N–H and O–H groups in total. The molecule has 2 nitrogen and oxygen atoms in total. The quantitative estimate of drug-likeness (QED) is 0.302. The zero-order chi connectivity index (χ0) is 23.7. The summed E-state index contributed by atoms with van der Waals surface area (Å²) in [5.74, 6) is 0.321. The van der Waals surface area contributed by atoms with Crippen molar-refractivity contribution in [3.05, 3.63) is 69.7 Å². The molecule has 0 bridgehead atoms. The molecule has 4 heteroatoms. The molecule has 0 spiro atoms. The maximum atomic E-state index is 10.6. The highest BCUT2D eigenvalue weighted by molar-refractivity contribution is 6.36. The van der Waals surface area contributed by atoms with Crippen molar-refractivity contribution in [2.24, 2.45) is 5.92 Å². The molecule has 1 aliphatic carbocycles. The van der Waals surface area contributed by atoms with Gasteiger partial charge in [0.2, 0.25) is 0 Å². The van der Waals surface area contributed by atoms with Gasteiger partial charge in [-0.05, 0) is 75.1 Å². The van der Waals surface area contributed by atoms with Crippen LogP contribution in [-0.4, -0.2) is 24.0 Å². The molecule has 33 heavy (non-hydrogen) atoms. The van der Waals surface area contributed by atoms with E-state index in [-0.39, 0.29) is 0 Å². The van der Waals surface area contributed by atoms with Gasteiger partial charge in [-0.2, -0.15) is 5.26 Å². The first-order chi connectivity index (χ1) is 16.1. The average Bonchev–Trinajstić information content (AvgIpc) is 3.37. The molecule has 2 unspecified atom stereocenters. The summed E-state index contributed by atoms with van der Waals surface area (Å²) in [6.07, 6.45) is 9.60. The maximum Gasteiger partial charge on any atom is 0.0879 e. The lowest BCUT2D eigenvalue weighted by atomic mass is 9.67. The molecule has 0 radical (unpaired) electrons. The van der Waals surface area contributed by atoms with Crippen molar-refractivity contribution >= 4 is 23.2 Å². The van der Waals surface area contributed by atoms with Crippen LogP contribution in [0, 0.1) is 17.2 Å². The normalized spacial score (nSPS) is 17.1. The summed E-state index contributed by atoms with van der Waals surface area (Å²) in [5.41, 5.74) is 1.63. The molecule has 0 saturated heterocycles. The van der Waals surface area contributed by atoms with Crippen molar-refractivity contribution in [3.63, 3.8) is 0 Å². The molecule has 0 amide bonds. The van der Waals surface area contributed by atoms with Gasteiger partial charge in [-0.3, -0.25) is 0 Å². The van der Waals surface area contributed by atoms with Crippen LogP contribution < -0.4 is 0 Å². The number of rotatable bonds is 12. The van der Waals surface area contributed by atoms with Crippen molar-refractivity contribution in [2.45, 2.75) is 83.1 Å². The molecule has 0 aromatic heterocycles. The Bertz CT molecular complexity index is 881. The van der Waals surface area contributed by atoms with E-state index in [1.54, 1.807) is 0 Å². The Kier molecular flexibility index (Phi) is 10.1. The van der Waals surface area contributed by atoms with Crippen LogP contribution in [0.15, 0.2) is 48.5 Å². The Balaban J connectivity index is 1.83. The Morgan fingerprint density at radius 2 is 1.67 bits per heavy atom. The summed E-state index contributed by atoms with van der Waals surface area (Å²) >= 11 is 13.4. The summed E-state index contributed by atoms with van der Waals surface area (Å²) in [6.45, 7) is 6.67. The number of hydrogen-bond donors (Lipinski definition) is 0. The molecule has 0 aliphatic heterocycles. The Morgan fingerprint density at radius 3 is 2.24 bits per heavy atom. The second kappa shape index (κ2) is 12.8. The summed E-state index contributed by atoms with van der Waals surface area (Å²) in [5, 5.41) is 11.9. The highest BCUT2D eigenvalue weighted by Crippen LogP contribution is 2.49. The zero-order valence-electron chi connectivity index (χ0n) is 20.2. The molecule has 178 valence electrons. The van der Waals surface area contributed by atoms with Crippen LogP contribution in [0.3, 0.4) is 0 Å². The molecule has 1 aliphatic rings. The SMILES string of the molecule is CCCN(CCc1ccccc1)C(CC)CCC(C#N)(c1c(Cl)cccc1Cl)C1CCCC1. The topological polar surface area (TPSA) is 27.0 Å². The van der Waals surface area contributed by atoms with Crippen LogP contribution in [0.2, 0.25) is 10.0 Å². The maximum absolute atomic E-state index is 10.6. The summed E-state index contributed by atoms with van der Waals surface area (Å²) in [4.78, 5) is 2.64. The molecule has 2 aromatic carbocycles. The molecule has 3 rings (SSSR count). The van der Waals surface area contributed by atoms with Crippen LogP contribution in [0.1, 0.15) is 76.3 Å². The largest absolute Gasteiger partial charge is 0.300 e. The van der Waals surface area contributed by atoms with Gasteiger partial charge in [-0.25, -0.2) is 0 Å². The minimum Gasteiger partial charge on any atom is -0.300 e. The smallest absolute Gasteiger partial charge is 0.0879 e. The van der Waals surface area contributed by atoms with Crippen LogP contribution in [0.25, 0.3) is 0 Å². The first kappa shape index (κ1) is 26.1. The van der Waals surface area contributed by atoms with E-state index in [2.05, 4.69) is 55.1 Å². The minimum atomic E-state index is -0.614. The van der Waals surface area contributed by atoms with Gasteiger partial charge < -0.3 is 4.90 Å². The van der Waals surface area contributed by atoms with Gasteiger partial charge in [0.1, 0.15) is 0 Å². The van der Waals surface area contributed by atoms with Crippen LogP contribution in [-0.2, 0) is 11.8 Å². The number of halogens is 2. The van der Waals surface area contributed by atoms with Crippen LogP contribution in [0.5, 0.6) is 0 Å². The van der Waals surface area contributed by atoms with E-state index >= 15 is 0 Å². The fourth-order valence-corrected chi connectivity index (χ4v) is 6.53. The molecule has 0 heterocycles. The van der Waals surface area contributed by atoms with Gasteiger partial charge in [-0.1, -0.05) is 86.3 Å². The third-order valence-electron chi connectivity index (χ3n) is 7.56. The molecule has 2 aromatic rings. The molecular formula is C29H38Cl2N2. The summed E-state index contributed by atoms with van der Waals surface area (Å²) in [7, 11) is 0. The predicted octanol–water partition coefficient (Wildman–Crippen LogP) is 8.46. The zero-order valence-corrected chi connectivity index (χ0v) is 21.7. The average molecular weight is 486 g/mol. The Labute approximate surface area is 210 Å². The van der Waals surface area contributed by atoms with Gasteiger partial charge in [0, 0.05) is 28.2 Å². The van der Waals surface area contributed by atoms with Gasteiger partial charge in [0.15, 0.2) is 0 Å². The summed E-state index contributed by atoms with van der Waals surface area (Å²) in [6, 6.07) is 19.6. The fraction of sp³-hybridized carbons (Fsp3) is 0.552. The Hall–Kier alpha value is -1.53. The van der Waals surface area contributed by atoms with Crippen molar-refractivity contribution in [3.8, 4) is 6.07 Å². The fourth-order valence-electron chi connectivity index (χ4n) is 5.80. The predicted molar refractivity (Wildman–Crippen MR) is 141 cm³/mol.